The lowest BCUT2D eigenvalue weighted by molar-refractivity contribution is 0.618. The maximum Gasteiger partial charge on any atom is 0.115 e. The summed E-state index contributed by atoms with van der Waals surface area (Å²) in [6, 6.07) is 8.89. The van der Waals surface area contributed by atoms with Crippen molar-refractivity contribution >= 4 is 11.3 Å². The van der Waals surface area contributed by atoms with Crippen LogP contribution >= 0.6 is 11.3 Å². The Morgan fingerprint density at radius 1 is 1.25 bits per heavy atom. The number of nitrogens with one attached hydrogen (secondary N) is 1. The summed E-state index contributed by atoms with van der Waals surface area (Å²) in [6.45, 7) is 5.31. The van der Waals surface area contributed by atoms with Gasteiger partial charge in [-0.3, -0.25) is 0 Å². The molecule has 1 heterocycles. The molecule has 1 atom stereocenters. The first-order chi connectivity index (χ1) is 9.79. The third-order valence-corrected chi connectivity index (χ3v) is 5.24. The first kappa shape index (κ1) is 13.8. The van der Waals surface area contributed by atoms with Crippen LogP contribution in [0, 0.1) is 6.92 Å². The Bertz CT molecular complexity index is 565. The molecule has 1 aromatic carbocycles. The number of aromatic nitrogens is 1. The zero-order valence-corrected chi connectivity index (χ0v) is 13.1. The molecule has 0 fully saturated rings. The number of benzene rings is 1. The Kier molecular flexibility index (Phi) is 4.18. The van der Waals surface area contributed by atoms with E-state index in [1.807, 2.05) is 11.3 Å². The molecule has 0 bridgehead atoms. The maximum absolute atomic E-state index is 4.94. The van der Waals surface area contributed by atoms with E-state index in [9.17, 15) is 0 Å². The highest BCUT2D eigenvalue weighted by molar-refractivity contribution is 7.11. The largest absolute Gasteiger partial charge is 0.305 e. The molecule has 1 aliphatic carbocycles. The van der Waals surface area contributed by atoms with Gasteiger partial charge in [-0.1, -0.05) is 31.2 Å². The number of nitrogens with zero attached hydrogens (tertiary/aromatic N) is 1. The van der Waals surface area contributed by atoms with Crippen molar-refractivity contribution in [3.8, 4) is 0 Å². The van der Waals surface area contributed by atoms with Gasteiger partial charge in [-0.2, -0.15) is 0 Å². The quantitative estimate of drug-likeness (QED) is 0.918. The van der Waals surface area contributed by atoms with Gasteiger partial charge in [-0.15, -0.1) is 11.3 Å². The van der Waals surface area contributed by atoms with Gasteiger partial charge >= 0.3 is 0 Å². The van der Waals surface area contributed by atoms with E-state index in [2.05, 4.69) is 43.4 Å². The van der Waals surface area contributed by atoms with Crippen LogP contribution < -0.4 is 5.32 Å². The predicted octanol–water partition coefficient (Wildman–Crippen LogP) is 4.03. The monoisotopic (exact) mass is 286 g/mol. The first-order valence-electron chi connectivity index (χ1n) is 7.57. The highest BCUT2D eigenvalue weighted by Crippen LogP contribution is 2.33. The molecule has 1 N–H and O–H groups in total. The minimum absolute atomic E-state index is 0.247. The molecule has 1 unspecified atom stereocenters. The summed E-state index contributed by atoms with van der Waals surface area (Å²) in [5.74, 6) is 0. The molecule has 0 spiro atoms. The summed E-state index contributed by atoms with van der Waals surface area (Å²) < 4.78 is 0. The van der Waals surface area contributed by atoms with Crippen LogP contribution in [0.2, 0.25) is 0 Å². The SMILES string of the molecule is CCNC(c1nc2c(s1)CCCC2)c1ccccc1C. The molecule has 20 heavy (non-hydrogen) atoms. The average molecular weight is 286 g/mol. The van der Waals surface area contributed by atoms with E-state index >= 15 is 0 Å². The molecular formula is C17H22N2S. The van der Waals surface area contributed by atoms with Crippen molar-refractivity contribution < 1.29 is 0 Å². The highest BCUT2D eigenvalue weighted by Gasteiger charge is 2.22. The molecule has 1 aliphatic rings. The van der Waals surface area contributed by atoms with E-state index in [4.69, 9.17) is 4.98 Å². The Hall–Kier alpha value is -1.19. The summed E-state index contributed by atoms with van der Waals surface area (Å²) in [5, 5.41) is 4.86. The van der Waals surface area contributed by atoms with E-state index in [1.165, 1.54) is 52.4 Å². The van der Waals surface area contributed by atoms with Crippen molar-refractivity contribution in [2.75, 3.05) is 6.54 Å². The van der Waals surface area contributed by atoms with Gasteiger partial charge in [0.15, 0.2) is 0 Å². The zero-order chi connectivity index (χ0) is 13.9. The Balaban J connectivity index is 1.98. The number of hydrogen-bond acceptors (Lipinski definition) is 3. The third-order valence-electron chi connectivity index (χ3n) is 4.02. The summed E-state index contributed by atoms with van der Waals surface area (Å²) >= 11 is 1.91. The van der Waals surface area contributed by atoms with Crippen LogP contribution in [0.15, 0.2) is 24.3 Å². The van der Waals surface area contributed by atoms with Crippen LogP contribution in [-0.2, 0) is 12.8 Å². The molecule has 3 rings (SSSR count). The molecular weight excluding hydrogens is 264 g/mol. The lowest BCUT2D eigenvalue weighted by Crippen LogP contribution is -2.22. The van der Waals surface area contributed by atoms with Crippen LogP contribution in [0.25, 0.3) is 0 Å². The fourth-order valence-electron chi connectivity index (χ4n) is 2.94. The van der Waals surface area contributed by atoms with E-state index < -0.39 is 0 Å². The number of aryl methyl sites for hydroxylation is 3. The van der Waals surface area contributed by atoms with Gasteiger partial charge in [0.1, 0.15) is 5.01 Å². The van der Waals surface area contributed by atoms with E-state index in [0.717, 1.165) is 6.54 Å². The zero-order valence-electron chi connectivity index (χ0n) is 12.3. The number of fused-ring (bicyclic) bond motifs is 1. The smallest absolute Gasteiger partial charge is 0.115 e. The van der Waals surface area contributed by atoms with Gasteiger partial charge in [-0.05, 0) is 50.3 Å². The normalized spacial score (nSPS) is 15.9. The lowest BCUT2D eigenvalue weighted by atomic mass is 10.0. The summed E-state index contributed by atoms with van der Waals surface area (Å²) in [5.41, 5.74) is 4.06. The van der Waals surface area contributed by atoms with E-state index in [-0.39, 0.29) is 6.04 Å². The first-order valence-corrected chi connectivity index (χ1v) is 8.38. The second-order valence-electron chi connectivity index (χ2n) is 5.48. The molecule has 0 saturated heterocycles. The molecule has 0 radical (unpaired) electrons. The van der Waals surface area contributed by atoms with Crippen molar-refractivity contribution in [1.82, 2.24) is 10.3 Å². The molecule has 2 nitrogen and oxygen atoms in total. The minimum Gasteiger partial charge on any atom is -0.305 e. The number of rotatable bonds is 4. The topological polar surface area (TPSA) is 24.9 Å². The van der Waals surface area contributed by atoms with Gasteiger partial charge in [-0.25, -0.2) is 4.98 Å². The fraction of sp³-hybridized carbons (Fsp3) is 0.471. The molecule has 0 saturated carbocycles. The van der Waals surface area contributed by atoms with Crippen molar-refractivity contribution in [1.29, 1.82) is 0 Å². The molecule has 0 aliphatic heterocycles. The summed E-state index contributed by atoms with van der Waals surface area (Å²) in [4.78, 5) is 6.46. The predicted molar refractivity (Wildman–Crippen MR) is 85.5 cm³/mol. The Labute approximate surface area is 125 Å². The highest BCUT2D eigenvalue weighted by atomic mass is 32.1. The van der Waals surface area contributed by atoms with E-state index in [1.54, 1.807) is 0 Å². The maximum atomic E-state index is 4.94. The van der Waals surface area contributed by atoms with Gasteiger partial charge in [0.05, 0.1) is 11.7 Å². The van der Waals surface area contributed by atoms with Gasteiger partial charge in [0, 0.05) is 4.88 Å². The second-order valence-corrected chi connectivity index (χ2v) is 6.59. The van der Waals surface area contributed by atoms with Gasteiger partial charge < -0.3 is 5.32 Å². The minimum atomic E-state index is 0.247. The van der Waals surface area contributed by atoms with Crippen molar-refractivity contribution in [3.05, 3.63) is 51.0 Å². The van der Waals surface area contributed by atoms with E-state index in [0.29, 0.717) is 0 Å². The second kappa shape index (κ2) is 6.06. The van der Waals surface area contributed by atoms with Crippen molar-refractivity contribution in [2.24, 2.45) is 0 Å². The summed E-state index contributed by atoms with van der Waals surface area (Å²) in [7, 11) is 0. The van der Waals surface area contributed by atoms with Gasteiger partial charge in [0.2, 0.25) is 0 Å². The molecule has 0 amide bonds. The summed E-state index contributed by atoms with van der Waals surface area (Å²) in [6.07, 6.45) is 5.01. The van der Waals surface area contributed by atoms with Crippen LogP contribution in [0.1, 0.15) is 52.5 Å². The van der Waals surface area contributed by atoms with Crippen LogP contribution in [-0.4, -0.2) is 11.5 Å². The van der Waals surface area contributed by atoms with Crippen molar-refractivity contribution in [3.63, 3.8) is 0 Å². The molecule has 106 valence electrons. The lowest BCUT2D eigenvalue weighted by Gasteiger charge is -2.18. The third kappa shape index (κ3) is 2.65. The Morgan fingerprint density at radius 2 is 2.05 bits per heavy atom. The van der Waals surface area contributed by atoms with Crippen LogP contribution in [0.5, 0.6) is 0 Å². The average Bonchev–Trinajstić information content (AvgIpc) is 2.89. The molecule has 2 aromatic rings. The fourth-order valence-corrected chi connectivity index (χ4v) is 4.19. The molecule has 3 heteroatoms. The van der Waals surface area contributed by atoms with Crippen molar-refractivity contribution in [2.45, 2.75) is 45.6 Å². The number of hydrogen-bond donors (Lipinski definition) is 1. The van der Waals surface area contributed by atoms with Crippen LogP contribution in [0.3, 0.4) is 0 Å². The number of thiazole rings is 1. The standard InChI is InChI=1S/C17H22N2S/c1-3-18-16(13-9-5-4-8-12(13)2)17-19-14-10-6-7-11-15(14)20-17/h4-5,8-9,16,18H,3,6-7,10-11H2,1-2H3. The molecule has 1 aromatic heterocycles. The van der Waals surface area contributed by atoms with Crippen LogP contribution in [0.4, 0.5) is 0 Å². The Morgan fingerprint density at radius 3 is 2.80 bits per heavy atom. The van der Waals surface area contributed by atoms with Gasteiger partial charge in [0.25, 0.3) is 0 Å².